The van der Waals surface area contributed by atoms with E-state index in [4.69, 9.17) is 0 Å². The Balaban J connectivity index is 2.14. The minimum atomic E-state index is -0.206. The minimum absolute atomic E-state index is 0.00975. The number of para-hydroxylation sites is 1. The second kappa shape index (κ2) is 11.0. The lowest BCUT2D eigenvalue weighted by atomic mass is 10.1. The highest BCUT2D eigenvalue weighted by molar-refractivity contribution is 6.04. The molecule has 1 N–H and O–H groups in total. The molecule has 0 unspecified atom stereocenters. The Hall–Kier alpha value is -1.64. The molecule has 22 heavy (non-hydrogen) atoms. The maximum atomic E-state index is 11.9. The van der Waals surface area contributed by atoms with Gasteiger partial charge in [-0.3, -0.25) is 9.59 Å². The lowest BCUT2D eigenvalue weighted by Crippen LogP contribution is -2.16. The summed E-state index contributed by atoms with van der Waals surface area (Å²) < 4.78 is 0. The van der Waals surface area contributed by atoms with Gasteiger partial charge in [-0.1, -0.05) is 63.6 Å². The first-order valence-electron chi connectivity index (χ1n) is 8.50. The third-order valence-corrected chi connectivity index (χ3v) is 3.84. The summed E-state index contributed by atoms with van der Waals surface area (Å²) in [7, 11) is 0. The van der Waals surface area contributed by atoms with Crippen LogP contribution in [-0.4, -0.2) is 11.7 Å². The predicted molar refractivity (Wildman–Crippen MR) is 92.0 cm³/mol. The Kier molecular flexibility index (Phi) is 9.20. The molecule has 1 aromatic rings. The van der Waals surface area contributed by atoms with Crippen molar-refractivity contribution in [1.29, 1.82) is 0 Å². The number of benzene rings is 1. The van der Waals surface area contributed by atoms with E-state index >= 15 is 0 Å². The third-order valence-electron chi connectivity index (χ3n) is 3.84. The van der Waals surface area contributed by atoms with Crippen LogP contribution >= 0.6 is 0 Å². The van der Waals surface area contributed by atoms with Crippen LogP contribution in [0.5, 0.6) is 0 Å². The molecule has 0 aromatic heterocycles. The number of amides is 1. The van der Waals surface area contributed by atoms with E-state index in [0.717, 1.165) is 24.1 Å². The average Bonchev–Trinajstić information content (AvgIpc) is 2.48. The number of rotatable bonds is 11. The number of carbonyl (C=O) groups excluding carboxylic acids is 2. The number of aryl methyl sites for hydroxylation is 1. The molecule has 0 atom stereocenters. The van der Waals surface area contributed by atoms with Crippen LogP contribution in [0, 0.1) is 6.92 Å². The number of carbonyl (C=O) groups is 2. The van der Waals surface area contributed by atoms with Crippen LogP contribution in [0.25, 0.3) is 0 Å². The number of ketones is 1. The highest BCUT2D eigenvalue weighted by Gasteiger charge is 2.10. The van der Waals surface area contributed by atoms with Gasteiger partial charge in [0, 0.05) is 12.1 Å². The summed E-state index contributed by atoms with van der Waals surface area (Å²) in [6.45, 7) is 4.15. The second-order valence-corrected chi connectivity index (χ2v) is 5.95. The molecular weight excluding hydrogens is 274 g/mol. The summed E-state index contributed by atoms with van der Waals surface area (Å²) in [5, 5.41) is 2.81. The van der Waals surface area contributed by atoms with Gasteiger partial charge in [-0.2, -0.15) is 0 Å². The quantitative estimate of drug-likeness (QED) is 0.460. The van der Waals surface area contributed by atoms with Gasteiger partial charge >= 0.3 is 0 Å². The number of hydrogen-bond acceptors (Lipinski definition) is 2. The van der Waals surface area contributed by atoms with Crippen molar-refractivity contribution in [3.05, 3.63) is 29.8 Å². The number of unbranched alkanes of at least 4 members (excludes halogenated alkanes) is 6. The molecule has 0 saturated carbocycles. The van der Waals surface area contributed by atoms with Crippen LogP contribution < -0.4 is 5.32 Å². The van der Waals surface area contributed by atoms with Gasteiger partial charge in [-0.25, -0.2) is 0 Å². The standard InChI is InChI=1S/C19H29NO2/c1-3-4-5-6-7-8-9-13-17(21)15-19(22)20-18-14-11-10-12-16(18)2/h10-12,14H,3-9,13,15H2,1-2H3,(H,20,22). The van der Waals surface area contributed by atoms with Crippen LogP contribution in [0.4, 0.5) is 5.69 Å². The molecule has 3 nitrogen and oxygen atoms in total. The topological polar surface area (TPSA) is 46.2 Å². The van der Waals surface area contributed by atoms with Crippen molar-refractivity contribution < 1.29 is 9.59 Å². The van der Waals surface area contributed by atoms with Crippen molar-refractivity contribution in [3.63, 3.8) is 0 Å². The largest absolute Gasteiger partial charge is 0.325 e. The maximum absolute atomic E-state index is 11.9. The smallest absolute Gasteiger partial charge is 0.231 e. The average molecular weight is 303 g/mol. The number of hydrogen-bond donors (Lipinski definition) is 1. The number of anilines is 1. The van der Waals surface area contributed by atoms with Gasteiger partial charge in [0.25, 0.3) is 0 Å². The Morgan fingerprint density at radius 3 is 2.27 bits per heavy atom. The molecule has 1 amide bonds. The summed E-state index contributed by atoms with van der Waals surface area (Å²) in [5.74, 6) is -0.165. The molecule has 122 valence electrons. The molecule has 0 spiro atoms. The molecule has 0 aliphatic rings. The molecule has 0 radical (unpaired) electrons. The van der Waals surface area contributed by atoms with E-state index in [1.54, 1.807) is 0 Å². The predicted octanol–water partition coefficient (Wildman–Crippen LogP) is 5.03. The lowest BCUT2D eigenvalue weighted by molar-refractivity contribution is -0.125. The van der Waals surface area contributed by atoms with Crippen molar-refractivity contribution in [2.24, 2.45) is 0 Å². The zero-order chi connectivity index (χ0) is 16.2. The van der Waals surface area contributed by atoms with E-state index in [2.05, 4.69) is 12.2 Å². The fraction of sp³-hybridized carbons (Fsp3) is 0.579. The van der Waals surface area contributed by atoms with Crippen molar-refractivity contribution in [3.8, 4) is 0 Å². The Bertz CT molecular complexity index is 468. The highest BCUT2D eigenvalue weighted by Crippen LogP contribution is 2.14. The van der Waals surface area contributed by atoms with Crippen LogP contribution in [-0.2, 0) is 9.59 Å². The molecule has 0 saturated heterocycles. The summed E-state index contributed by atoms with van der Waals surface area (Å²) in [6, 6.07) is 7.60. The van der Waals surface area contributed by atoms with E-state index < -0.39 is 0 Å². The van der Waals surface area contributed by atoms with Crippen LogP contribution in [0.15, 0.2) is 24.3 Å². The monoisotopic (exact) mass is 303 g/mol. The van der Waals surface area contributed by atoms with Gasteiger partial charge < -0.3 is 5.32 Å². The molecule has 0 fully saturated rings. The van der Waals surface area contributed by atoms with Crippen molar-refractivity contribution in [1.82, 2.24) is 0 Å². The van der Waals surface area contributed by atoms with Gasteiger partial charge in [-0.15, -0.1) is 0 Å². The number of nitrogens with one attached hydrogen (secondary N) is 1. The summed E-state index contributed by atoms with van der Waals surface area (Å²) in [4.78, 5) is 23.7. The maximum Gasteiger partial charge on any atom is 0.231 e. The molecule has 0 bridgehead atoms. The lowest BCUT2D eigenvalue weighted by Gasteiger charge is -2.07. The molecule has 3 heteroatoms. The molecule has 0 heterocycles. The van der Waals surface area contributed by atoms with E-state index in [-0.39, 0.29) is 18.1 Å². The van der Waals surface area contributed by atoms with Gasteiger partial charge in [0.15, 0.2) is 0 Å². The van der Waals surface area contributed by atoms with E-state index in [0.29, 0.717) is 6.42 Å². The van der Waals surface area contributed by atoms with E-state index in [9.17, 15) is 9.59 Å². The van der Waals surface area contributed by atoms with Crippen LogP contribution in [0.1, 0.15) is 70.3 Å². The molecule has 1 rings (SSSR count). The molecule has 0 aliphatic carbocycles. The minimum Gasteiger partial charge on any atom is -0.325 e. The van der Waals surface area contributed by atoms with Crippen molar-refractivity contribution in [2.75, 3.05) is 5.32 Å². The van der Waals surface area contributed by atoms with Gasteiger partial charge in [0.05, 0.1) is 6.42 Å². The summed E-state index contributed by atoms with van der Waals surface area (Å²) in [5.41, 5.74) is 1.80. The summed E-state index contributed by atoms with van der Waals surface area (Å²) in [6.07, 6.45) is 8.82. The second-order valence-electron chi connectivity index (χ2n) is 5.95. The fourth-order valence-electron chi connectivity index (χ4n) is 2.45. The van der Waals surface area contributed by atoms with E-state index in [1.165, 1.54) is 32.1 Å². The summed E-state index contributed by atoms with van der Waals surface area (Å²) >= 11 is 0. The van der Waals surface area contributed by atoms with Gasteiger partial charge in [0.2, 0.25) is 5.91 Å². The van der Waals surface area contributed by atoms with Gasteiger partial charge in [0.1, 0.15) is 5.78 Å². The Labute approximate surface area is 134 Å². The van der Waals surface area contributed by atoms with Crippen LogP contribution in [0.2, 0.25) is 0 Å². The first-order valence-corrected chi connectivity index (χ1v) is 8.50. The first-order chi connectivity index (χ1) is 10.6. The highest BCUT2D eigenvalue weighted by atomic mass is 16.2. The normalized spacial score (nSPS) is 10.5. The fourth-order valence-corrected chi connectivity index (χ4v) is 2.45. The van der Waals surface area contributed by atoms with Crippen molar-refractivity contribution in [2.45, 2.75) is 71.6 Å². The Morgan fingerprint density at radius 2 is 1.59 bits per heavy atom. The van der Waals surface area contributed by atoms with Crippen molar-refractivity contribution >= 4 is 17.4 Å². The molecule has 1 aromatic carbocycles. The van der Waals surface area contributed by atoms with Gasteiger partial charge in [-0.05, 0) is 25.0 Å². The number of Topliss-reactive ketones (excluding diaryl/α,β-unsaturated/α-hetero) is 1. The SMILES string of the molecule is CCCCCCCCCC(=O)CC(=O)Nc1ccccc1C. The third kappa shape index (κ3) is 7.96. The zero-order valence-electron chi connectivity index (χ0n) is 14.0. The zero-order valence-corrected chi connectivity index (χ0v) is 14.0. The molecule has 0 aliphatic heterocycles. The Morgan fingerprint density at radius 1 is 0.955 bits per heavy atom. The molecular formula is C19H29NO2. The first kappa shape index (κ1) is 18.4. The van der Waals surface area contributed by atoms with E-state index in [1.807, 2.05) is 31.2 Å². The van der Waals surface area contributed by atoms with Crippen LogP contribution in [0.3, 0.4) is 0 Å².